The van der Waals surface area contributed by atoms with E-state index in [2.05, 4.69) is 27.0 Å². The number of hydrogen-bond donors (Lipinski definition) is 1. The number of aromatic amines is 1. The Kier molecular flexibility index (Phi) is 4.40. The quantitative estimate of drug-likeness (QED) is 0.696. The van der Waals surface area contributed by atoms with Crippen LogP contribution in [0.3, 0.4) is 0 Å². The Morgan fingerprint density at radius 2 is 1.87 bits per heavy atom. The summed E-state index contributed by atoms with van der Waals surface area (Å²) in [5.41, 5.74) is 4.62. The first kappa shape index (κ1) is 18.7. The van der Waals surface area contributed by atoms with E-state index in [-0.39, 0.29) is 11.3 Å². The fourth-order valence-corrected chi connectivity index (χ4v) is 5.63. The molecule has 1 spiro atoms. The van der Waals surface area contributed by atoms with Gasteiger partial charge in [-0.05, 0) is 48.2 Å². The zero-order chi connectivity index (χ0) is 20.8. The molecular formula is C25H27N3O3. The van der Waals surface area contributed by atoms with Crippen molar-refractivity contribution < 1.29 is 14.3 Å². The van der Waals surface area contributed by atoms with Crippen LogP contribution in [-0.4, -0.2) is 40.5 Å². The number of fused-ring (bicyclic) bond motifs is 4. The Morgan fingerprint density at radius 1 is 1.10 bits per heavy atom. The van der Waals surface area contributed by atoms with Crippen LogP contribution in [0.5, 0.6) is 11.5 Å². The average Bonchev–Trinajstić information content (AvgIpc) is 3.43. The summed E-state index contributed by atoms with van der Waals surface area (Å²) in [6.07, 6.45) is 5.80. The lowest BCUT2D eigenvalue weighted by atomic mass is 9.73. The minimum atomic E-state index is 0.0540. The van der Waals surface area contributed by atoms with Gasteiger partial charge in [-0.25, -0.2) is 4.98 Å². The maximum atomic E-state index is 13.3. The smallest absolute Gasteiger partial charge is 0.223 e. The third-order valence-corrected chi connectivity index (χ3v) is 7.12. The number of nitrogens with one attached hydrogen (secondary N) is 1. The molecule has 1 aromatic heterocycles. The SMILES string of the molecule is O=C(CCc1nc2ccccc2[nH]1)N1Cc2cc3c(cc2C2(CCCC2)C1)OCCO3. The molecule has 3 aromatic rings. The van der Waals surface area contributed by atoms with E-state index in [4.69, 9.17) is 9.47 Å². The summed E-state index contributed by atoms with van der Waals surface area (Å²) in [5.74, 6) is 2.75. The van der Waals surface area contributed by atoms with E-state index >= 15 is 0 Å². The van der Waals surface area contributed by atoms with E-state index < -0.39 is 0 Å². The number of benzene rings is 2. The van der Waals surface area contributed by atoms with Crippen LogP contribution in [-0.2, 0) is 23.2 Å². The van der Waals surface area contributed by atoms with Crippen LogP contribution in [0.15, 0.2) is 36.4 Å². The van der Waals surface area contributed by atoms with E-state index in [0.29, 0.717) is 32.6 Å². The number of imidazole rings is 1. The fraction of sp³-hybridized carbons (Fsp3) is 0.440. The predicted molar refractivity (Wildman–Crippen MR) is 117 cm³/mol. The third kappa shape index (κ3) is 3.25. The summed E-state index contributed by atoms with van der Waals surface area (Å²) in [7, 11) is 0. The monoisotopic (exact) mass is 417 g/mol. The second kappa shape index (κ2) is 7.29. The van der Waals surface area contributed by atoms with Gasteiger partial charge in [0, 0.05) is 31.3 Å². The molecule has 3 aliphatic rings. The molecule has 6 rings (SSSR count). The van der Waals surface area contributed by atoms with Crippen molar-refractivity contribution in [3.05, 3.63) is 53.3 Å². The van der Waals surface area contributed by atoms with E-state index in [0.717, 1.165) is 47.7 Å². The molecule has 2 aromatic carbocycles. The van der Waals surface area contributed by atoms with E-state index in [1.165, 1.54) is 24.0 Å². The van der Waals surface area contributed by atoms with Crippen LogP contribution in [0.1, 0.15) is 49.1 Å². The molecule has 1 N–H and O–H groups in total. The summed E-state index contributed by atoms with van der Waals surface area (Å²) in [6, 6.07) is 12.3. The number of amides is 1. The summed E-state index contributed by atoms with van der Waals surface area (Å²) in [5, 5.41) is 0. The average molecular weight is 418 g/mol. The van der Waals surface area contributed by atoms with Gasteiger partial charge in [0.05, 0.1) is 11.0 Å². The standard InChI is InChI=1S/C25H27N3O3/c29-24(8-7-23-26-19-5-1-2-6-20(19)27-23)28-15-17-13-21-22(31-12-11-30-21)14-18(17)25(16-28)9-3-4-10-25/h1-2,5-6,13-14H,3-4,7-12,15-16H2,(H,26,27). The highest BCUT2D eigenvalue weighted by molar-refractivity contribution is 5.78. The highest BCUT2D eigenvalue weighted by Gasteiger charge is 2.43. The lowest BCUT2D eigenvalue weighted by molar-refractivity contribution is -0.133. The van der Waals surface area contributed by atoms with Crippen LogP contribution in [0, 0.1) is 0 Å². The summed E-state index contributed by atoms with van der Waals surface area (Å²) >= 11 is 0. The Bertz CT molecular complexity index is 1110. The van der Waals surface area contributed by atoms with E-state index in [1.807, 2.05) is 24.3 Å². The molecule has 1 saturated carbocycles. The van der Waals surface area contributed by atoms with Crippen LogP contribution in [0.4, 0.5) is 0 Å². The van der Waals surface area contributed by atoms with E-state index in [1.54, 1.807) is 0 Å². The van der Waals surface area contributed by atoms with Gasteiger partial charge in [-0.1, -0.05) is 25.0 Å². The number of aromatic nitrogens is 2. The first-order chi connectivity index (χ1) is 15.2. The molecule has 1 amide bonds. The minimum Gasteiger partial charge on any atom is -0.486 e. The summed E-state index contributed by atoms with van der Waals surface area (Å²) < 4.78 is 11.7. The van der Waals surface area contributed by atoms with Gasteiger partial charge in [-0.3, -0.25) is 4.79 Å². The number of hydrogen-bond acceptors (Lipinski definition) is 4. The molecule has 0 radical (unpaired) electrons. The van der Waals surface area contributed by atoms with Gasteiger partial charge >= 0.3 is 0 Å². The Balaban J connectivity index is 1.24. The molecule has 6 nitrogen and oxygen atoms in total. The molecule has 1 fully saturated rings. The van der Waals surface area contributed by atoms with Crippen LogP contribution >= 0.6 is 0 Å². The molecule has 3 heterocycles. The Labute approximate surface area is 181 Å². The lowest BCUT2D eigenvalue weighted by Gasteiger charge is -2.43. The van der Waals surface area contributed by atoms with Gasteiger partial charge in [-0.2, -0.15) is 0 Å². The lowest BCUT2D eigenvalue weighted by Crippen LogP contribution is -2.47. The Hall–Kier alpha value is -3.02. The van der Waals surface area contributed by atoms with Gasteiger partial charge < -0.3 is 19.4 Å². The zero-order valence-corrected chi connectivity index (χ0v) is 17.7. The predicted octanol–water partition coefficient (Wildman–Crippen LogP) is 4.12. The number of carbonyl (C=O) groups is 1. The second-order valence-electron chi connectivity index (χ2n) is 9.09. The van der Waals surface area contributed by atoms with Gasteiger partial charge in [0.2, 0.25) is 5.91 Å². The molecule has 31 heavy (non-hydrogen) atoms. The van der Waals surface area contributed by atoms with Crippen molar-refractivity contribution in [2.24, 2.45) is 0 Å². The molecule has 2 aliphatic heterocycles. The molecule has 1 aliphatic carbocycles. The van der Waals surface area contributed by atoms with Crippen molar-refractivity contribution in [3.63, 3.8) is 0 Å². The normalized spacial score (nSPS) is 19.0. The number of nitrogens with zero attached hydrogens (tertiary/aromatic N) is 2. The van der Waals surface area contributed by atoms with Crippen molar-refractivity contribution in [2.75, 3.05) is 19.8 Å². The number of carbonyl (C=O) groups excluding carboxylic acids is 1. The van der Waals surface area contributed by atoms with Crippen molar-refractivity contribution in [3.8, 4) is 11.5 Å². The summed E-state index contributed by atoms with van der Waals surface area (Å²) in [4.78, 5) is 23.3. The first-order valence-electron chi connectivity index (χ1n) is 11.3. The topological polar surface area (TPSA) is 67.5 Å². The maximum absolute atomic E-state index is 13.3. The first-order valence-corrected chi connectivity index (χ1v) is 11.3. The number of H-pyrrole nitrogens is 1. The second-order valence-corrected chi connectivity index (χ2v) is 9.09. The summed E-state index contributed by atoms with van der Waals surface area (Å²) in [6.45, 7) is 2.63. The van der Waals surface area contributed by atoms with Crippen molar-refractivity contribution >= 4 is 16.9 Å². The number of aryl methyl sites for hydroxylation is 1. The van der Waals surface area contributed by atoms with Gasteiger partial charge in [0.25, 0.3) is 0 Å². The zero-order valence-electron chi connectivity index (χ0n) is 17.7. The fourth-order valence-electron chi connectivity index (χ4n) is 5.63. The highest BCUT2D eigenvalue weighted by atomic mass is 16.6. The van der Waals surface area contributed by atoms with Crippen LogP contribution in [0.2, 0.25) is 0 Å². The van der Waals surface area contributed by atoms with Crippen LogP contribution in [0.25, 0.3) is 11.0 Å². The largest absolute Gasteiger partial charge is 0.486 e. The van der Waals surface area contributed by atoms with Crippen molar-refractivity contribution in [1.29, 1.82) is 0 Å². The molecule has 0 unspecified atom stereocenters. The highest BCUT2D eigenvalue weighted by Crippen LogP contribution is 2.49. The van der Waals surface area contributed by atoms with Gasteiger partial charge in [-0.15, -0.1) is 0 Å². The van der Waals surface area contributed by atoms with Crippen LogP contribution < -0.4 is 9.47 Å². The molecule has 160 valence electrons. The molecule has 0 atom stereocenters. The number of ether oxygens (including phenoxy) is 2. The Morgan fingerprint density at radius 3 is 2.68 bits per heavy atom. The van der Waals surface area contributed by atoms with E-state index in [9.17, 15) is 4.79 Å². The molecule has 0 bridgehead atoms. The molecule has 0 saturated heterocycles. The van der Waals surface area contributed by atoms with Gasteiger partial charge in [0.1, 0.15) is 19.0 Å². The minimum absolute atomic E-state index is 0.0540. The maximum Gasteiger partial charge on any atom is 0.223 e. The number of rotatable bonds is 3. The number of para-hydroxylation sites is 2. The van der Waals surface area contributed by atoms with Crippen molar-refractivity contribution in [2.45, 2.75) is 50.5 Å². The van der Waals surface area contributed by atoms with Gasteiger partial charge in [0.15, 0.2) is 11.5 Å². The molecular weight excluding hydrogens is 390 g/mol. The third-order valence-electron chi connectivity index (χ3n) is 7.12. The molecule has 6 heteroatoms. The van der Waals surface area contributed by atoms with Crippen molar-refractivity contribution in [1.82, 2.24) is 14.9 Å².